The minimum atomic E-state index is -0.0975. The standard InChI is InChI=1S/C20H22N6O2/c27-19-14-5-1-2-6-15(14)23-18-10-16(24-26(18)19)13-4-3-9-25(12-13)20(28)17-11-21-7-8-22-17/h7-8,10-11,13,24H,1-6,9,12H2/t13-/m1/s1. The minimum absolute atomic E-state index is 0.0225. The molecule has 1 fully saturated rings. The monoisotopic (exact) mass is 378 g/mol. The third-order valence-corrected chi connectivity index (χ3v) is 5.83. The summed E-state index contributed by atoms with van der Waals surface area (Å²) in [4.78, 5) is 40.2. The molecule has 0 aromatic carbocycles. The highest BCUT2D eigenvalue weighted by atomic mass is 16.2. The Morgan fingerprint density at radius 3 is 2.93 bits per heavy atom. The molecule has 2 aliphatic rings. The highest BCUT2D eigenvalue weighted by molar-refractivity contribution is 5.92. The number of hydrogen-bond acceptors (Lipinski definition) is 5. The Hall–Kier alpha value is -3.03. The second kappa shape index (κ2) is 6.85. The summed E-state index contributed by atoms with van der Waals surface area (Å²) in [6.07, 6.45) is 10.3. The molecule has 3 aromatic heterocycles. The number of nitrogens with one attached hydrogen (secondary N) is 1. The van der Waals surface area contributed by atoms with E-state index in [1.165, 1.54) is 12.4 Å². The van der Waals surface area contributed by atoms with Gasteiger partial charge in [-0.1, -0.05) is 0 Å². The van der Waals surface area contributed by atoms with Gasteiger partial charge in [-0.3, -0.25) is 19.7 Å². The van der Waals surface area contributed by atoms with Gasteiger partial charge in [0.25, 0.3) is 11.5 Å². The third kappa shape index (κ3) is 2.89. The lowest BCUT2D eigenvalue weighted by Gasteiger charge is -2.31. The smallest absolute Gasteiger partial charge is 0.276 e. The van der Waals surface area contributed by atoms with Crippen LogP contribution in [-0.4, -0.2) is 48.5 Å². The maximum Gasteiger partial charge on any atom is 0.276 e. The summed E-state index contributed by atoms with van der Waals surface area (Å²) in [5.41, 5.74) is 3.83. The fraction of sp³-hybridized carbons (Fsp3) is 0.450. The Morgan fingerprint density at radius 2 is 2.07 bits per heavy atom. The summed E-state index contributed by atoms with van der Waals surface area (Å²) in [7, 11) is 0. The molecule has 8 nitrogen and oxygen atoms in total. The first-order valence-electron chi connectivity index (χ1n) is 9.89. The van der Waals surface area contributed by atoms with Crippen LogP contribution in [0, 0.1) is 0 Å². The van der Waals surface area contributed by atoms with Crippen molar-refractivity contribution in [2.75, 3.05) is 13.1 Å². The maximum absolute atomic E-state index is 12.8. The Bertz CT molecular complexity index is 1090. The molecular formula is C20H22N6O2. The molecule has 0 bridgehead atoms. The molecule has 4 heterocycles. The van der Waals surface area contributed by atoms with E-state index in [0.717, 1.165) is 55.5 Å². The first-order valence-corrected chi connectivity index (χ1v) is 9.89. The number of rotatable bonds is 2. The molecule has 1 amide bonds. The van der Waals surface area contributed by atoms with Gasteiger partial charge in [0.2, 0.25) is 0 Å². The van der Waals surface area contributed by atoms with Gasteiger partial charge in [-0.15, -0.1) is 0 Å². The van der Waals surface area contributed by atoms with Crippen LogP contribution in [0.15, 0.2) is 29.5 Å². The molecule has 144 valence electrons. The normalized spacial score (nSPS) is 19.6. The lowest BCUT2D eigenvalue weighted by molar-refractivity contribution is 0.0699. The number of nitrogens with zero attached hydrogens (tertiary/aromatic N) is 5. The van der Waals surface area contributed by atoms with Crippen molar-refractivity contribution in [1.82, 2.24) is 29.5 Å². The second-order valence-electron chi connectivity index (χ2n) is 7.64. The predicted octanol–water partition coefficient (Wildman–Crippen LogP) is 1.71. The van der Waals surface area contributed by atoms with Crippen molar-refractivity contribution >= 4 is 11.6 Å². The summed E-state index contributed by atoms with van der Waals surface area (Å²) in [6.45, 7) is 1.30. The summed E-state index contributed by atoms with van der Waals surface area (Å²) in [5, 5.41) is 3.26. The Morgan fingerprint density at radius 1 is 1.18 bits per heavy atom. The number of amides is 1. The van der Waals surface area contributed by atoms with E-state index >= 15 is 0 Å². The molecule has 1 aliphatic heterocycles. The van der Waals surface area contributed by atoms with Gasteiger partial charge in [-0.05, 0) is 38.5 Å². The predicted molar refractivity (Wildman–Crippen MR) is 102 cm³/mol. The number of likely N-dealkylation sites (tertiary alicyclic amines) is 1. The van der Waals surface area contributed by atoms with Crippen molar-refractivity contribution in [3.05, 3.63) is 57.7 Å². The zero-order chi connectivity index (χ0) is 19.1. The number of fused-ring (bicyclic) bond motifs is 2. The van der Waals surface area contributed by atoms with Gasteiger partial charge in [0.05, 0.1) is 11.9 Å². The number of carbonyl (C=O) groups excluding carboxylic acids is 1. The van der Waals surface area contributed by atoms with E-state index in [0.29, 0.717) is 24.4 Å². The van der Waals surface area contributed by atoms with Crippen molar-refractivity contribution in [2.24, 2.45) is 0 Å². The highest BCUT2D eigenvalue weighted by Crippen LogP contribution is 2.27. The van der Waals surface area contributed by atoms with Crippen molar-refractivity contribution in [3.8, 4) is 0 Å². The Balaban J connectivity index is 1.44. The molecule has 28 heavy (non-hydrogen) atoms. The van der Waals surface area contributed by atoms with Gasteiger partial charge in [0, 0.05) is 48.7 Å². The van der Waals surface area contributed by atoms with Crippen LogP contribution in [0.2, 0.25) is 0 Å². The number of piperidine rings is 1. The first-order chi connectivity index (χ1) is 13.7. The quantitative estimate of drug-likeness (QED) is 0.732. The molecule has 1 atom stereocenters. The van der Waals surface area contributed by atoms with Crippen LogP contribution in [-0.2, 0) is 12.8 Å². The van der Waals surface area contributed by atoms with Gasteiger partial charge in [0.15, 0.2) is 5.65 Å². The molecule has 1 aliphatic carbocycles. The summed E-state index contributed by atoms with van der Waals surface area (Å²) < 4.78 is 1.57. The van der Waals surface area contributed by atoms with Crippen LogP contribution in [0.25, 0.3) is 5.65 Å². The number of carbonyl (C=O) groups is 1. The summed E-state index contributed by atoms with van der Waals surface area (Å²) in [6, 6.07) is 1.97. The molecule has 1 saturated heterocycles. The molecule has 0 radical (unpaired) electrons. The number of H-pyrrole nitrogens is 1. The van der Waals surface area contributed by atoms with Crippen LogP contribution in [0.4, 0.5) is 0 Å². The van der Waals surface area contributed by atoms with Crippen molar-refractivity contribution < 1.29 is 4.79 Å². The molecule has 1 N–H and O–H groups in total. The van der Waals surface area contributed by atoms with Crippen molar-refractivity contribution in [1.29, 1.82) is 0 Å². The lowest BCUT2D eigenvalue weighted by atomic mass is 9.94. The molecule has 0 spiro atoms. The zero-order valence-corrected chi connectivity index (χ0v) is 15.6. The second-order valence-corrected chi connectivity index (χ2v) is 7.64. The van der Waals surface area contributed by atoms with E-state index in [4.69, 9.17) is 4.98 Å². The number of aryl methyl sites for hydroxylation is 1. The van der Waals surface area contributed by atoms with E-state index in [9.17, 15) is 9.59 Å². The van der Waals surface area contributed by atoms with Gasteiger partial charge < -0.3 is 4.90 Å². The van der Waals surface area contributed by atoms with Crippen molar-refractivity contribution in [3.63, 3.8) is 0 Å². The molecule has 0 unspecified atom stereocenters. The fourth-order valence-electron chi connectivity index (χ4n) is 4.37. The fourth-order valence-corrected chi connectivity index (χ4v) is 4.37. The minimum Gasteiger partial charge on any atom is -0.337 e. The molecule has 3 aromatic rings. The van der Waals surface area contributed by atoms with Crippen LogP contribution < -0.4 is 5.56 Å². The first kappa shape index (κ1) is 17.1. The van der Waals surface area contributed by atoms with E-state index in [-0.39, 0.29) is 17.4 Å². The van der Waals surface area contributed by atoms with Gasteiger partial charge in [-0.2, -0.15) is 0 Å². The summed E-state index contributed by atoms with van der Waals surface area (Å²) >= 11 is 0. The largest absolute Gasteiger partial charge is 0.337 e. The Kier molecular flexibility index (Phi) is 4.18. The van der Waals surface area contributed by atoms with E-state index < -0.39 is 0 Å². The highest BCUT2D eigenvalue weighted by Gasteiger charge is 2.28. The number of aromatic nitrogens is 5. The molecular weight excluding hydrogens is 356 g/mol. The Labute approximate surface area is 161 Å². The van der Waals surface area contributed by atoms with Crippen LogP contribution in [0.3, 0.4) is 0 Å². The zero-order valence-electron chi connectivity index (χ0n) is 15.6. The van der Waals surface area contributed by atoms with E-state index in [1.807, 2.05) is 11.0 Å². The van der Waals surface area contributed by atoms with Gasteiger partial charge >= 0.3 is 0 Å². The topological polar surface area (TPSA) is 96.2 Å². The number of hydrogen-bond donors (Lipinski definition) is 1. The molecule has 8 heteroatoms. The SMILES string of the molecule is O=C(c1cnccn1)N1CCC[C@@H](c2cc3nc4c(c(=O)n3[nH]2)CCCC4)C1. The van der Waals surface area contributed by atoms with Gasteiger partial charge in [-0.25, -0.2) is 14.5 Å². The van der Waals surface area contributed by atoms with Crippen LogP contribution >= 0.6 is 0 Å². The van der Waals surface area contributed by atoms with E-state index in [1.54, 1.807) is 10.7 Å². The van der Waals surface area contributed by atoms with Crippen LogP contribution in [0.1, 0.15) is 59.0 Å². The van der Waals surface area contributed by atoms with Crippen LogP contribution in [0.5, 0.6) is 0 Å². The average molecular weight is 378 g/mol. The molecule has 5 rings (SSSR count). The third-order valence-electron chi connectivity index (χ3n) is 5.83. The number of aromatic amines is 1. The summed E-state index contributed by atoms with van der Waals surface area (Å²) in [5.74, 6) is 0.0483. The van der Waals surface area contributed by atoms with Gasteiger partial charge in [0.1, 0.15) is 5.69 Å². The van der Waals surface area contributed by atoms with Crippen molar-refractivity contribution in [2.45, 2.75) is 44.4 Å². The average Bonchev–Trinajstić information content (AvgIpc) is 3.19. The molecule has 0 saturated carbocycles. The maximum atomic E-state index is 12.8. The van der Waals surface area contributed by atoms with E-state index in [2.05, 4.69) is 15.1 Å². The lowest BCUT2D eigenvalue weighted by Crippen LogP contribution is -2.39.